The molecular formula is C14H6F9NO. The standard InChI is InChI=1S/C14H6F9NO/c15-12(16,17)10-5-8(6-24-11(10)13(18,19)20)7-1-3-9(4-2-7)25-14(21,22)23/h1-6H. The van der Waals surface area contributed by atoms with Crippen LogP contribution in [-0.2, 0) is 12.4 Å². The van der Waals surface area contributed by atoms with Gasteiger partial charge in [-0.2, -0.15) is 26.3 Å². The summed E-state index contributed by atoms with van der Waals surface area (Å²) >= 11 is 0. The molecule has 1 aromatic carbocycles. The van der Waals surface area contributed by atoms with E-state index in [0.717, 1.165) is 24.3 Å². The third-order valence-corrected chi connectivity index (χ3v) is 2.88. The van der Waals surface area contributed by atoms with E-state index in [1.165, 1.54) is 0 Å². The Bertz CT molecular complexity index is 745. The molecule has 0 radical (unpaired) electrons. The van der Waals surface area contributed by atoms with Gasteiger partial charge in [0, 0.05) is 11.8 Å². The van der Waals surface area contributed by atoms with E-state index in [4.69, 9.17) is 0 Å². The van der Waals surface area contributed by atoms with Crippen molar-refractivity contribution in [1.29, 1.82) is 0 Å². The summed E-state index contributed by atoms with van der Waals surface area (Å²) in [6.07, 6.45) is -15.0. The molecular weight excluding hydrogens is 369 g/mol. The number of alkyl halides is 9. The van der Waals surface area contributed by atoms with Gasteiger partial charge in [0.1, 0.15) is 5.75 Å². The van der Waals surface area contributed by atoms with Crippen LogP contribution >= 0.6 is 0 Å². The molecule has 2 rings (SSSR count). The van der Waals surface area contributed by atoms with Gasteiger partial charge < -0.3 is 4.74 Å². The summed E-state index contributed by atoms with van der Waals surface area (Å²) in [4.78, 5) is 2.82. The molecule has 0 saturated heterocycles. The van der Waals surface area contributed by atoms with Crippen LogP contribution in [0.15, 0.2) is 36.5 Å². The number of halogens is 9. The predicted octanol–water partition coefficient (Wildman–Crippen LogP) is 5.68. The Morgan fingerprint density at radius 2 is 1.28 bits per heavy atom. The van der Waals surface area contributed by atoms with Crippen molar-refractivity contribution in [1.82, 2.24) is 4.98 Å². The number of ether oxygens (including phenoxy) is 1. The molecule has 1 aromatic heterocycles. The smallest absolute Gasteiger partial charge is 0.406 e. The van der Waals surface area contributed by atoms with Gasteiger partial charge in [-0.1, -0.05) is 12.1 Å². The Balaban J connectivity index is 2.44. The number of hydrogen-bond donors (Lipinski definition) is 0. The van der Waals surface area contributed by atoms with Crippen LogP contribution in [0.25, 0.3) is 11.1 Å². The number of nitrogens with zero attached hydrogens (tertiary/aromatic N) is 1. The molecule has 0 saturated carbocycles. The summed E-state index contributed by atoms with van der Waals surface area (Å²) in [5, 5.41) is 0. The lowest BCUT2D eigenvalue weighted by Gasteiger charge is -2.15. The number of pyridine rings is 1. The number of aromatic nitrogens is 1. The fraction of sp³-hybridized carbons (Fsp3) is 0.214. The molecule has 0 amide bonds. The van der Waals surface area contributed by atoms with E-state index in [9.17, 15) is 39.5 Å². The second-order valence-electron chi connectivity index (χ2n) is 4.69. The topological polar surface area (TPSA) is 22.1 Å². The Kier molecular flexibility index (Phi) is 4.62. The molecule has 2 nitrogen and oxygen atoms in total. The first-order valence-electron chi connectivity index (χ1n) is 6.28. The summed E-state index contributed by atoms with van der Waals surface area (Å²) in [6, 6.07) is 3.79. The van der Waals surface area contributed by atoms with Gasteiger partial charge in [-0.05, 0) is 23.8 Å². The first kappa shape index (κ1) is 18.9. The van der Waals surface area contributed by atoms with Gasteiger partial charge in [0.25, 0.3) is 0 Å². The minimum Gasteiger partial charge on any atom is -0.406 e. The maximum absolute atomic E-state index is 12.8. The van der Waals surface area contributed by atoms with E-state index in [-0.39, 0.29) is 17.2 Å². The molecule has 0 aliphatic rings. The Hall–Kier alpha value is -2.46. The summed E-state index contributed by atoms with van der Waals surface area (Å²) < 4.78 is 116. The van der Waals surface area contributed by atoms with Crippen molar-refractivity contribution in [3.05, 3.63) is 47.8 Å². The van der Waals surface area contributed by atoms with Crippen LogP contribution < -0.4 is 4.74 Å². The third-order valence-electron chi connectivity index (χ3n) is 2.88. The average molecular weight is 375 g/mol. The van der Waals surface area contributed by atoms with Gasteiger partial charge in [0.15, 0.2) is 5.69 Å². The normalized spacial score (nSPS) is 13.0. The highest BCUT2D eigenvalue weighted by Crippen LogP contribution is 2.40. The highest BCUT2D eigenvalue weighted by atomic mass is 19.4. The van der Waals surface area contributed by atoms with Crippen molar-refractivity contribution in [3.8, 4) is 16.9 Å². The first-order valence-corrected chi connectivity index (χ1v) is 6.28. The van der Waals surface area contributed by atoms with Crippen molar-refractivity contribution < 1.29 is 44.3 Å². The molecule has 0 unspecified atom stereocenters. The van der Waals surface area contributed by atoms with Gasteiger partial charge in [-0.3, -0.25) is 4.98 Å². The maximum atomic E-state index is 12.8. The van der Waals surface area contributed by atoms with Crippen LogP contribution in [0.3, 0.4) is 0 Å². The molecule has 0 aliphatic carbocycles. The van der Waals surface area contributed by atoms with E-state index < -0.39 is 35.7 Å². The van der Waals surface area contributed by atoms with Crippen molar-refractivity contribution in [3.63, 3.8) is 0 Å². The van der Waals surface area contributed by atoms with Gasteiger partial charge in [0.2, 0.25) is 0 Å². The molecule has 0 spiro atoms. The highest BCUT2D eigenvalue weighted by Gasteiger charge is 2.44. The van der Waals surface area contributed by atoms with Crippen molar-refractivity contribution in [2.75, 3.05) is 0 Å². The van der Waals surface area contributed by atoms with Crippen LogP contribution in [0.5, 0.6) is 5.75 Å². The average Bonchev–Trinajstić information content (AvgIpc) is 2.44. The Morgan fingerprint density at radius 3 is 1.72 bits per heavy atom. The summed E-state index contributed by atoms with van der Waals surface area (Å²) in [5.41, 5.74) is -4.51. The molecule has 1 heterocycles. The van der Waals surface area contributed by atoms with Crippen LogP contribution in [0.2, 0.25) is 0 Å². The van der Waals surface area contributed by atoms with Crippen LogP contribution in [0.4, 0.5) is 39.5 Å². The zero-order valence-corrected chi connectivity index (χ0v) is 11.7. The monoisotopic (exact) mass is 375 g/mol. The van der Waals surface area contributed by atoms with E-state index in [2.05, 4.69) is 9.72 Å². The molecule has 0 atom stereocenters. The molecule has 0 bridgehead atoms. The SMILES string of the molecule is FC(F)(F)Oc1ccc(-c2cnc(C(F)(F)F)c(C(F)(F)F)c2)cc1. The van der Waals surface area contributed by atoms with Crippen molar-refractivity contribution >= 4 is 0 Å². The lowest BCUT2D eigenvalue weighted by molar-refractivity contribution is -0.274. The Morgan fingerprint density at radius 1 is 0.720 bits per heavy atom. The molecule has 0 N–H and O–H groups in total. The number of benzene rings is 1. The minimum absolute atomic E-state index is 0.0683. The first-order chi connectivity index (χ1) is 11.3. The molecule has 0 fully saturated rings. The largest absolute Gasteiger partial charge is 0.573 e. The second-order valence-corrected chi connectivity index (χ2v) is 4.69. The zero-order chi connectivity index (χ0) is 19.0. The summed E-state index contributed by atoms with van der Waals surface area (Å²) in [5.74, 6) is -0.632. The van der Waals surface area contributed by atoms with Crippen LogP contribution in [0, 0.1) is 0 Å². The van der Waals surface area contributed by atoms with E-state index in [1.807, 2.05) is 0 Å². The van der Waals surface area contributed by atoms with E-state index >= 15 is 0 Å². The van der Waals surface area contributed by atoms with Crippen molar-refractivity contribution in [2.24, 2.45) is 0 Å². The van der Waals surface area contributed by atoms with E-state index in [1.54, 1.807) is 0 Å². The van der Waals surface area contributed by atoms with Crippen LogP contribution in [0.1, 0.15) is 11.3 Å². The number of rotatable bonds is 2. The molecule has 0 aliphatic heterocycles. The molecule has 2 aromatic rings. The summed E-state index contributed by atoms with van der Waals surface area (Å²) in [7, 11) is 0. The van der Waals surface area contributed by atoms with Crippen molar-refractivity contribution in [2.45, 2.75) is 18.7 Å². The van der Waals surface area contributed by atoms with Gasteiger partial charge in [-0.15, -0.1) is 13.2 Å². The quantitative estimate of drug-likeness (QED) is 0.630. The third kappa shape index (κ3) is 4.77. The number of hydrogen-bond acceptors (Lipinski definition) is 2. The fourth-order valence-electron chi connectivity index (χ4n) is 1.91. The Labute approximate surface area is 133 Å². The van der Waals surface area contributed by atoms with E-state index in [0.29, 0.717) is 6.20 Å². The van der Waals surface area contributed by atoms with Gasteiger partial charge >= 0.3 is 18.7 Å². The molecule has 25 heavy (non-hydrogen) atoms. The highest BCUT2D eigenvalue weighted by molar-refractivity contribution is 5.64. The predicted molar refractivity (Wildman–Crippen MR) is 66.4 cm³/mol. The zero-order valence-electron chi connectivity index (χ0n) is 11.7. The van der Waals surface area contributed by atoms with Crippen LogP contribution in [-0.4, -0.2) is 11.3 Å². The van der Waals surface area contributed by atoms with Gasteiger partial charge in [0.05, 0.1) is 5.56 Å². The second kappa shape index (κ2) is 6.12. The summed E-state index contributed by atoms with van der Waals surface area (Å²) in [6.45, 7) is 0. The minimum atomic E-state index is -5.31. The molecule has 11 heteroatoms. The van der Waals surface area contributed by atoms with Gasteiger partial charge in [-0.25, -0.2) is 0 Å². The lowest BCUT2D eigenvalue weighted by atomic mass is 10.0. The molecule has 136 valence electrons. The lowest BCUT2D eigenvalue weighted by Crippen LogP contribution is -2.18. The maximum Gasteiger partial charge on any atom is 0.573 e. The fourth-order valence-corrected chi connectivity index (χ4v) is 1.91.